The lowest BCUT2D eigenvalue weighted by Crippen LogP contribution is -2.04. The predicted molar refractivity (Wildman–Crippen MR) is 93.8 cm³/mol. The molecule has 0 atom stereocenters. The summed E-state index contributed by atoms with van der Waals surface area (Å²) in [6, 6.07) is 7.50. The molecule has 6 nitrogen and oxygen atoms in total. The van der Waals surface area contributed by atoms with Crippen molar-refractivity contribution in [2.45, 2.75) is 33.7 Å². The molecule has 0 aliphatic heterocycles. The van der Waals surface area contributed by atoms with Gasteiger partial charge in [0.2, 0.25) is 0 Å². The molecule has 3 aromatic rings. The van der Waals surface area contributed by atoms with E-state index in [9.17, 15) is 0 Å². The van der Waals surface area contributed by atoms with Gasteiger partial charge in [0.05, 0.1) is 5.69 Å². The van der Waals surface area contributed by atoms with Crippen molar-refractivity contribution >= 4 is 22.8 Å². The van der Waals surface area contributed by atoms with Gasteiger partial charge in [-0.2, -0.15) is 0 Å². The van der Waals surface area contributed by atoms with Gasteiger partial charge in [-0.05, 0) is 43.5 Å². The molecule has 3 aromatic heterocycles. The van der Waals surface area contributed by atoms with E-state index in [-0.39, 0.29) is 0 Å². The number of aromatic nitrogens is 4. The van der Waals surface area contributed by atoms with Crippen molar-refractivity contribution in [3.05, 3.63) is 30.1 Å². The van der Waals surface area contributed by atoms with Gasteiger partial charge in [-0.15, -0.1) is 0 Å². The Kier molecular flexibility index (Phi) is 3.90. The third-order valence-corrected chi connectivity index (χ3v) is 3.87. The van der Waals surface area contributed by atoms with Crippen LogP contribution in [0.25, 0.3) is 22.4 Å². The molecule has 0 amide bonds. The molecular weight excluding hydrogens is 288 g/mol. The Morgan fingerprint density at radius 2 is 1.74 bits per heavy atom. The van der Waals surface area contributed by atoms with Crippen LogP contribution in [0.2, 0.25) is 0 Å². The van der Waals surface area contributed by atoms with Crippen molar-refractivity contribution in [2.24, 2.45) is 5.92 Å². The summed E-state index contributed by atoms with van der Waals surface area (Å²) in [5.74, 6) is 2.41. The number of hydrogen-bond donors (Lipinski definition) is 2. The molecule has 0 fully saturated rings. The van der Waals surface area contributed by atoms with Crippen LogP contribution < -0.4 is 11.5 Å². The monoisotopic (exact) mass is 310 g/mol. The zero-order valence-corrected chi connectivity index (χ0v) is 13.7. The van der Waals surface area contributed by atoms with Crippen molar-refractivity contribution < 1.29 is 0 Å². The van der Waals surface area contributed by atoms with Crippen LogP contribution in [0.5, 0.6) is 0 Å². The normalized spacial score (nSPS) is 11.5. The highest BCUT2D eigenvalue weighted by atomic mass is 15.1. The van der Waals surface area contributed by atoms with E-state index in [2.05, 4.69) is 28.4 Å². The number of aryl methyl sites for hydroxylation is 2. The second-order valence-corrected chi connectivity index (χ2v) is 6.24. The Bertz CT molecular complexity index is 829. The maximum atomic E-state index is 5.79. The average molecular weight is 310 g/mol. The summed E-state index contributed by atoms with van der Waals surface area (Å²) >= 11 is 0. The van der Waals surface area contributed by atoms with Crippen LogP contribution >= 0.6 is 0 Å². The van der Waals surface area contributed by atoms with Crippen LogP contribution in [-0.4, -0.2) is 19.5 Å². The van der Waals surface area contributed by atoms with Gasteiger partial charge in [-0.1, -0.05) is 13.8 Å². The fourth-order valence-electron chi connectivity index (χ4n) is 2.65. The van der Waals surface area contributed by atoms with E-state index in [1.54, 1.807) is 12.1 Å². The molecule has 0 radical (unpaired) electrons. The van der Waals surface area contributed by atoms with Gasteiger partial charge in [0, 0.05) is 12.1 Å². The first-order valence-electron chi connectivity index (χ1n) is 7.81. The Balaban J connectivity index is 2.08. The highest BCUT2D eigenvalue weighted by Crippen LogP contribution is 2.24. The number of anilines is 2. The molecule has 3 rings (SSSR count). The summed E-state index contributed by atoms with van der Waals surface area (Å²) in [7, 11) is 0. The van der Waals surface area contributed by atoms with Crippen molar-refractivity contribution in [3.8, 4) is 11.3 Å². The first kappa shape index (κ1) is 15.3. The van der Waals surface area contributed by atoms with E-state index in [1.807, 2.05) is 19.1 Å². The van der Waals surface area contributed by atoms with E-state index >= 15 is 0 Å². The number of nitrogen functional groups attached to an aromatic ring is 2. The summed E-state index contributed by atoms with van der Waals surface area (Å²) in [6.07, 6.45) is 1.09. The van der Waals surface area contributed by atoms with Crippen LogP contribution in [0.1, 0.15) is 26.1 Å². The van der Waals surface area contributed by atoms with Gasteiger partial charge in [0.25, 0.3) is 0 Å². The largest absolute Gasteiger partial charge is 0.384 e. The van der Waals surface area contributed by atoms with Crippen LogP contribution in [0, 0.1) is 12.8 Å². The highest BCUT2D eigenvalue weighted by Gasteiger charge is 2.11. The highest BCUT2D eigenvalue weighted by molar-refractivity contribution is 5.77. The van der Waals surface area contributed by atoms with Crippen molar-refractivity contribution in [1.29, 1.82) is 0 Å². The number of hydrogen-bond acceptors (Lipinski definition) is 5. The van der Waals surface area contributed by atoms with Crippen molar-refractivity contribution in [3.63, 3.8) is 0 Å². The molecule has 6 heteroatoms. The quantitative estimate of drug-likeness (QED) is 0.772. The summed E-state index contributed by atoms with van der Waals surface area (Å²) in [5, 5.41) is 0. The molecule has 23 heavy (non-hydrogen) atoms. The molecule has 0 saturated carbocycles. The Morgan fingerprint density at radius 1 is 1.04 bits per heavy atom. The maximum Gasteiger partial charge on any atom is 0.160 e. The van der Waals surface area contributed by atoms with Gasteiger partial charge in [-0.3, -0.25) is 0 Å². The van der Waals surface area contributed by atoms with E-state index in [0.29, 0.717) is 17.6 Å². The molecule has 120 valence electrons. The lowest BCUT2D eigenvalue weighted by Gasteiger charge is -2.09. The molecule has 0 aliphatic rings. The molecular formula is C17H22N6. The standard InChI is InChI=1S/C17H22N6/c1-10(2)6-7-23-11(3)20-14-5-4-13(21-17(14)23)12-8-15(18)22-16(19)9-12/h4-5,8-10H,6-7H2,1-3H3,(H4,18,19,22). The molecule has 0 unspecified atom stereocenters. The minimum Gasteiger partial charge on any atom is -0.384 e. The topological polar surface area (TPSA) is 95.6 Å². The van der Waals surface area contributed by atoms with Crippen LogP contribution in [0.15, 0.2) is 24.3 Å². The minimum atomic E-state index is 0.395. The van der Waals surface area contributed by atoms with Gasteiger partial charge >= 0.3 is 0 Å². The fourth-order valence-corrected chi connectivity index (χ4v) is 2.65. The van der Waals surface area contributed by atoms with Gasteiger partial charge in [0.15, 0.2) is 5.65 Å². The Labute approximate surface area is 135 Å². The second-order valence-electron chi connectivity index (χ2n) is 6.24. The molecule has 0 saturated heterocycles. The first-order valence-corrected chi connectivity index (χ1v) is 7.81. The SMILES string of the molecule is Cc1nc2ccc(-c3cc(N)nc(N)c3)nc2n1CCC(C)C. The molecule has 0 aromatic carbocycles. The average Bonchev–Trinajstić information content (AvgIpc) is 2.78. The summed E-state index contributed by atoms with van der Waals surface area (Å²) in [6.45, 7) is 7.37. The van der Waals surface area contributed by atoms with Crippen LogP contribution in [0.3, 0.4) is 0 Å². The third kappa shape index (κ3) is 3.11. The number of imidazole rings is 1. The smallest absolute Gasteiger partial charge is 0.160 e. The number of nitrogens with two attached hydrogens (primary N) is 2. The minimum absolute atomic E-state index is 0.395. The Hall–Kier alpha value is -2.63. The van der Waals surface area contributed by atoms with E-state index in [4.69, 9.17) is 16.5 Å². The second kappa shape index (κ2) is 5.87. The predicted octanol–water partition coefficient (Wildman–Crippen LogP) is 3.01. The lowest BCUT2D eigenvalue weighted by molar-refractivity contribution is 0.515. The number of nitrogens with zero attached hydrogens (tertiary/aromatic N) is 4. The molecule has 3 heterocycles. The summed E-state index contributed by atoms with van der Waals surface area (Å²) in [4.78, 5) is 13.4. The zero-order chi connectivity index (χ0) is 16.6. The molecule has 4 N–H and O–H groups in total. The fraction of sp³-hybridized carbons (Fsp3) is 0.353. The lowest BCUT2D eigenvalue weighted by atomic mass is 10.1. The molecule has 0 spiro atoms. The summed E-state index contributed by atoms with van der Waals surface area (Å²) in [5.41, 5.74) is 15.1. The van der Waals surface area contributed by atoms with E-state index in [0.717, 1.165) is 41.2 Å². The van der Waals surface area contributed by atoms with Gasteiger partial charge < -0.3 is 16.0 Å². The van der Waals surface area contributed by atoms with Gasteiger partial charge in [-0.25, -0.2) is 15.0 Å². The number of rotatable bonds is 4. The third-order valence-electron chi connectivity index (χ3n) is 3.87. The molecule has 0 aliphatic carbocycles. The maximum absolute atomic E-state index is 5.79. The Morgan fingerprint density at radius 3 is 2.39 bits per heavy atom. The number of fused-ring (bicyclic) bond motifs is 1. The van der Waals surface area contributed by atoms with E-state index in [1.165, 1.54) is 0 Å². The van der Waals surface area contributed by atoms with Gasteiger partial charge in [0.1, 0.15) is 23.0 Å². The number of pyridine rings is 2. The van der Waals surface area contributed by atoms with Crippen LogP contribution in [0.4, 0.5) is 11.6 Å². The zero-order valence-electron chi connectivity index (χ0n) is 13.7. The van der Waals surface area contributed by atoms with Crippen molar-refractivity contribution in [2.75, 3.05) is 11.5 Å². The first-order chi connectivity index (χ1) is 10.9. The molecule has 0 bridgehead atoms. The van der Waals surface area contributed by atoms with Crippen molar-refractivity contribution in [1.82, 2.24) is 19.5 Å². The van der Waals surface area contributed by atoms with Crippen LogP contribution in [-0.2, 0) is 6.54 Å². The summed E-state index contributed by atoms with van der Waals surface area (Å²) < 4.78 is 2.17. The van der Waals surface area contributed by atoms with E-state index < -0.39 is 0 Å².